The zero-order chi connectivity index (χ0) is 60.0. The van der Waals surface area contributed by atoms with E-state index in [1.807, 2.05) is 0 Å². The minimum atomic E-state index is -0.855. The van der Waals surface area contributed by atoms with Gasteiger partial charge in [-0.2, -0.15) is 0 Å². The van der Waals surface area contributed by atoms with E-state index in [-0.39, 0.29) is 0 Å². The average molecular weight is 1130 g/mol. The second-order valence-corrected chi connectivity index (χ2v) is 23.2. The summed E-state index contributed by atoms with van der Waals surface area (Å²) in [5.41, 5.74) is 26.3. The van der Waals surface area contributed by atoms with Crippen LogP contribution in [0, 0.1) is 48.5 Å². The van der Waals surface area contributed by atoms with Crippen molar-refractivity contribution in [1.82, 2.24) is 0 Å². The van der Waals surface area contributed by atoms with Crippen molar-refractivity contribution in [2.75, 3.05) is 19.6 Å². The fourth-order valence-corrected chi connectivity index (χ4v) is 12.0. The van der Waals surface area contributed by atoms with Crippen molar-refractivity contribution in [1.29, 1.82) is 0 Å². The van der Waals surface area contributed by atoms with Crippen LogP contribution in [-0.4, -0.2) is 0 Å². The van der Waals surface area contributed by atoms with Crippen LogP contribution in [0.3, 0.4) is 0 Å². The van der Waals surface area contributed by atoms with Gasteiger partial charge in [0.25, 0.3) is 0 Å². The highest BCUT2D eigenvalue weighted by Crippen LogP contribution is 2.50. The molecule has 0 fully saturated rings. The Morgan fingerprint density at radius 3 is 0.483 bits per heavy atom. The molecule has 0 heterocycles. The van der Waals surface area contributed by atoms with Crippen LogP contribution in [-0.2, 0) is 5.41 Å². The lowest BCUT2D eigenvalue weighted by Crippen LogP contribution is -2.31. The predicted octanol–water partition coefficient (Wildman–Crippen LogP) is 23.1. The maximum absolute atomic E-state index is 2.36. The zero-order valence-electron chi connectivity index (χ0n) is 51.2. The van der Waals surface area contributed by atoms with Gasteiger partial charge in [0.05, 0.1) is 5.41 Å². The number of allylic oxidation sites excluding steroid dienone is 1. The van der Waals surface area contributed by atoms with E-state index in [1.165, 1.54) is 38.9 Å². The SMILES string of the molecule is CC=Cc1ccc(N(c2ccc(C)cc2)c2ccc(C(c3ccc(N(c4ccc(C)cc4)c4ccc(C)cc4)cc3)(c3ccc(N(c4ccc(C)cc4)c4ccc(C)cc4)cc3)c3ccc(N(c4ccc(C)cc4)c4ccc(C)cc4)cc3)cc2)cc1. The summed E-state index contributed by atoms with van der Waals surface area (Å²) in [6.45, 7) is 17.1. The lowest BCUT2D eigenvalue weighted by molar-refractivity contribution is 0.745. The number of aryl methyl sites for hydroxylation is 7. The lowest BCUT2D eigenvalue weighted by atomic mass is 9.65. The predicted molar refractivity (Wildman–Crippen MR) is 371 cm³/mol. The Morgan fingerprint density at radius 1 is 0.195 bits per heavy atom. The Balaban J connectivity index is 1.09. The van der Waals surface area contributed by atoms with Gasteiger partial charge in [0.1, 0.15) is 0 Å². The Hall–Kier alpha value is -10.4. The summed E-state index contributed by atoms with van der Waals surface area (Å²) in [4.78, 5) is 9.46. The van der Waals surface area contributed by atoms with E-state index in [0.29, 0.717) is 0 Å². The maximum Gasteiger partial charge on any atom is 0.0701 e. The first kappa shape index (κ1) is 57.0. The minimum Gasteiger partial charge on any atom is -0.311 e. The van der Waals surface area contributed by atoms with Crippen molar-refractivity contribution in [3.8, 4) is 0 Å². The summed E-state index contributed by atoms with van der Waals surface area (Å²) in [6, 6.07) is 108. The van der Waals surface area contributed by atoms with Crippen LogP contribution in [0.2, 0.25) is 0 Å². The van der Waals surface area contributed by atoms with Gasteiger partial charge in [-0.05, 0) is 229 Å². The van der Waals surface area contributed by atoms with Crippen molar-refractivity contribution < 1.29 is 0 Å². The molecule has 0 aliphatic carbocycles. The highest BCUT2D eigenvalue weighted by Gasteiger charge is 2.39. The molecule has 0 saturated carbocycles. The van der Waals surface area contributed by atoms with E-state index in [4.69, 9.17) is 0 Å². The number of hydrogen-bond acceptors (Lipinski definition) is 4. The standard InChI is InChI=1S/C83H74N4/c1-9-10-66-25-49-78(50-26-66)87(77-47-23-65(8)24-48-77)82-57-33-70(34-58-82)83(67-27-51-79(52-28-67)84(71-35-11-59(2)12-36-71)72-37-13-60(3)14-38-72,68-29-53-80(54-30-68)85(73-39-15-61(4)16-40-73)74-41-17-62(5)18-42-74)69-31-55-81(56-32-69)86(75-43-19-63(6)20-44-75)76-45-21-64(7)22-46-76/h9-58H,1-8H3. The Kier molecular flexibility index (Phi) is 16.4. The highest BCUT2D eigenvalue weighted by molar-refractivity contribution is 5.82. The Labute approximate surface area is 515 Å². The van der Waals surface area contributed by atoms with Gasteiger partial charge >= 0.3 is 0 Å². The molecule has 0 aliphatic rings. The zero-order valence-corrected chi connectivity index (χ0v) is 51.2. The molecule has 0 aliphatic heterocycles. The van der Waals surface area contributed by atoms with Crippen molar-refractivity contribution in [2.24, 2.45) is 0 Å². The van der Waals surface area contributed by atoms with E-state index in [1.54, 1.807) is 0 Å². The van der Waals surface area contributed by atoms with Gasteiger partial charge in [0.2, 0.25) is 0 Å². The van der Waals surface area contributed by atoms with Crippen LogP contribution in [0.15, 0.2) is 297 Å². The number of hydrogen-bond donors (Lipinski definition) is 0. The molecule has 12 aromatic rings. The summed E-state index contributed by atoms with van der Waals surface area (Å²) in [7, 11) is 0. The van der Waals surface area contributed by atoms with Gasteiger partial charge in [-0.3, -0.25) is 0 Å². The molecule has 0 amide bonds. The first-order valence-corrected chi connectivity index (χ1v) is 30.2. The molecule has 0 spiro atoms. The quantitative estimate of drug-likeness (QED) is 0.0843. The monoisotopic (exact) mass is 1130 g/mol. The van der Waals surface area contributed by atoms with Crippen LogP contribution in [0.4, 0.5) is 68.2 Å². The molecule has 4 heteroatoms. The van der Waals surface area contributed by atoms with Gasteiger partial charge < -0.3 is 19.6 Å². The van der Waals surface area contributed by atoms with Crippen LogP contribution < -0.4 is 19.6 Å². The lowest BCUT2D eigenvalue weighted by Gasteiger charge is -2.38. The van der Waals surface area contributed by atoms with Gasteiger partial charge in [0, 0.05) is 68.2 Å². The summed E-state index contributed by atoms with van der Waals surface area (Å²) in [5.74, 6) is 0. The van der Waals surface area contributed by atoms with Crippen LogP contribution in [0.25, 0.3) is 6.08 Å². The molecule has 426 valence electrons. The molecule has 12 rings (SSSR count). The van der Waals surface area contributed by atoms with E-state index < -0.39 is 5.41 Å². The summed E-state index contributed by atoms with van der Waals surface area (Å²) in [5, 5.41) is 0. The van der Waals surface area contributed by atoms with Crippen molar-refractivity contribution in [2.45, 2.75) is 60.8 Å². The molecular weight excluding hydrogens is 1050 g/mol. The third-order valence-corrected chi connectivity index (χ3v) is 16.8. The number of benzene rings is 12. The molecule has 4 nitrogen and oxygen atoms in total. The second-order valence-electron chi connectivity index (χ2n) is 23.2. The second kappa shape index (κ2) is 25.0. The van der Waals surface area contributed by atoms with Crippen molar-refractivity contribution >= 4 is 74.3 Å². The molecular formula is C83H74N4. The van der Waals surface area contributed by atoms with Crippen molar-refractivity contribution in [3.63, 3.8) is 0 Å². The molecule has 87 heavy (non-hydrogen) atoms. The number of anilines is 12. The Morgan fingerprint density at radius 2 is 0.333 bits per heavy atom. The molecule has 0 radical (unpaired) electrons. The molecule has 0 unspecified atom stereocenters. The fourth-order valence-electron chi connectivity index (χ4n) is 12.0. The third-order valence-electron chi connectivity index (χ3n) is 16.8. The molecule has 0 bridgehead atoms. The maximum atomic E-state index is 2.36. The topological polar surface area (TPSA) is 13.0 Å². The van der Waals surface area contributed by atoms with Crippen LogP contribution in [0.1, 0.15) is 73.7 Å². The van der Waals surface area contributed by atoms with E-state index in [0.717, 1.165) is 96.1 Å². The molecule has 0 atom stereocenters. The minimum absolute atomic E-state index is 0.855. The average Bonchev–Trinajstić information content (AvgIpc) is 0.890. The molecule has 0 aromatic heterocycles. The third kappa shape index (κ3) is 12.0. The van der Waals surface area contributed by atoms with Gasteiger partial charge in [-0.15, -0.1) is 0 Å². The molecule has 0 N–H and O–H groups in total. The Bertz CT molecular complexity index is 3780. The van der Waals surface area contributed by atoms with Gasteiger partial charge in [-0.25, -0.2) is 0 Å². The van der Waals surface area contributed by atoms with Crippen LogP contribution >= 0.6 is 0 Å². The first-order chi connectivity index (χ1) is 42.4. The smallest absolute Gasteiger partial charge is 0.0701 e. The first-order valence-electron chi connectivity index (χ1n) is 30.2. The van der Waals surface area contributed by atoms with Crippen molar-refractivity contribution in [3.05, 3.63) is 364 Å². The normalized spacial score (nSPS) is 11.4. The van der Waals surface area contributed by atoms with Crippen LogP contribution in [0.5, 0.6) is 0 Å². The molecule has 12 aromatic carbocycles. The number of rotatable bonds is 17. The summed E-state index contributed by atoms with van der Waals surface area (Å²) >= 11 is 0. The summed E-state index contributed by atoms with van der Waals surface area (Å²) in [6.07, 6.45) is 4.23. The van der Waals surface area contributed by atoms with E-state index in [2.05, 4.69) is 378 Å². The highest BCUT2D eigenvalue weighted by atomic mass is 15.2. The van der Waals surface area contributed by atoms with E-state index in [9.17, 15) is 0 Å². The largest absolute Gasteiger partial charge is 0.311 e. The van der Waals surface area contributed by atoms with Gasteiger partial charge in [0.15, 0.2) is 0 Å². The van der Waals surface area contributed by atoms with E-state index >= 15 is 0 Å². The summed E-state index contributed by atoms with van der Waals surface area (Å²) < 4.78 is 0. The number of nitrogens with zero attached hydrogens (tertiary/aromatic N) is 4. The fraction of sp³-hybridized carbons (Fsp3) is 0.108. The van der Waals surface area contributed by atoms with Gasteiger partial charge in [-0.1, -0.05) is 197 Å². The molecule has 0 saturated heterocycles.